The van der Waals surface area contributed by atoms with Gasteiger partial charge in [-0.05, 0) is 49.1 Å². The van der Waals surface area contributed by atoms with Crippen molar-refractivity contribution in [1.82, 2.24) is 19.9 Å². The fourth-order valence-electron chi connectivity index (χ4n) is 2.90. The maximum Gasteiger partial charge on any atom is 0.162 e. The van der Waals surface area contributed by atoms with Gasteiger partial charge in [-0.25, -0.2) is 19.9 Å². The van der Waals surface area contributed by atoms with Crippen LogP contribution in [-0.4, -0.2) is 26.5 Å². The minimum absolute atomic E-state index is 0.659. The number of rotatable bonds is 10. The van der Waals surface area contributed by atoms with Crippen LogP contribution >= 0.6 is 0 Å². The molecule has 3 aromatic rings. The molecule has 0 bridgehead atoms. The lowest BCUT2D eigenvalue weighted by molar-refractivity contribution is 0.317. The van der Waals surface area contributed by atoms with Gasteiger partial charge in [0.1, 0.15) is 5.75 Å². The highest BCUT2D eigenvalue weighted by atomic mass is 16.5. The Morgan fingerprint density at radius 1 is 0.679 bits per heavy atom. The summed E-state index contributed by atoms with van der Waals surface area (Å²) in [4.78, 5) is 17.9. The minimum Gasteiger partial charge on any atom is -0.494 e. The van der Waals surface area contributed by atoms with Gasteiger partial charge in [-0.15, -0.1) is 0 Å². The van der Waals surface area contributed by atoms with Crippen LogP contribution in [0.25, 0.3) is 22.8 Å². The van der Waals surface area contributed by atoms with Crippen molar-refractivity contribution in [3.8, 4) is 28.5 Å². The zero-order valence-electron chi connectivity index (χ0n) is 16.8. The van der Waals surface area contributed by atoms with E-state index in [0.29, 0.717) is 11.6 Å². The molecule has 0 unspecified atom stereocenters. The quantitative estimate of drug-likeness (QED) is 0.436. The molecule has 1 aromatic carbocycles. The maximum absolute atomic E-state index is 5.61. The summed E-state index contributed by atoms with van der Waals surface area (Å²) in [6.45, 7) is 5.04. The molecule has 146 valence electrons. The van der Waals surface area contributed by atoms with Crippen molar-refractivity contribution in [3.05, 3.63) is 54.6 Å². The molecule has 28 heavy (non-hydrogen) atoms. The van der Waals surface area contributed by atoms with Gasteiger partial charge in [0.05, 0.1) is 12.2 Å². The van der Waals surface area contributed by atoms with E-state index in [-0.39, 0.29) is 0 Å². The van der Waals surface area contributed by atoms with Crippen molar-refractivity contribution in [3.63, 3.8) is 0 Å². The Bertz CT molecular complexity index is 830. The van der Waals surface area contributed by atoms with E-state index >= 15 is 0 Å². The number of unbranched alkanes of at least 4 members (excludes halogenated alkanes) is 3. The molecule has 0 aliphatic heterocycles. The van der Waals surface area contributed by atoms with E-state index in [1.165, 1.54) is 31.2 Å². The topological polar surface area (TPSA) is 60.8 Å². The fraction of sp³-hybridized carbons (Fsp3) is 0.391. The molecule has 0 saturated carbocycles. The molecule has 5 heteroatoms. The highest BCUT2D eigenvalue weighted by Crippen LogP contribution is 2.21. The Kier molecular flexibility index (Phi) is 7.47. The van der Waals surface area contributed by atoms with Crippen LogP contribution < -0.4 is 4.74 Å². The van der Waals surface area contributed by atoms with Crippen LogP contribution in [0.5, 0.6) is 5.75 Å². The molecule has 2 heterocycles. The number of hydrogen-bond donors (Lipinski definition) is 0. The molecule has 0 radical (unpaired) electrons. The summed E-state index contributed by atoms with van der Waals surface area (Å²) in [5.74, 6) is 2.20. The first kappa shape index (κ1) is 19.9. The average molecular weight is 377 g/mol. The van der Waals surface area contributed by atoms with Crippen LogP contribution in [0, 0.1) is 0 Å². The predicted octanol–water partition coefficient (Wildman–Crippen LogP) is 5.51. The second kappa shape index (κ2) is 10.5. The molecule has 0 amide bonds. The second-order valence-electron chi connectivity index (χ2n) is 6.89. The van der Waals surface area contributed by atoms with Crippen molar-refractivity contribution in [2.45, 2.75) is 52.4 Å². The monoisotopic (exact) mass is 376 g/mol. The van der Waals surface area contributed by atoms with Crippen LogP contribution in [0.2, 0.25) is 0 Å². The Labute approximate surface area is 167 Å². The Balaban J connectivity index is 1.62. The Morgan fingerprint density at radius 3 is 1.96 bits per heavy atom. The van der Waals surface area contributed by atoms with Gasteiger partial charge in [-0.2, -0.15) is 0 Å². The smallest absolute Gasteiger partial charge is 0.162 e. The molecular formula is C23H28N4O. The molecule has 3 rings (SSSR count). The van der Waals surface area contributed by atoms with Gasteiger partial charge in [-0.3, -0.25) is 0 Å². The third-order valence-electron chi connectivity index (χ3n) is 4.52. The number of aryl methyl sites for hydroxylation is 1. The summed E-state index contributed by atoms with van der Waals surface area (Å²) < 4.78 is 5.61. The molecule has 2 aromatic heterocycles. The summed E-state index contributed by atoms with van der Waals surface area (Å²) in [6, 6.07) is 7.85. The summed E-state index contributed by atoms with van der Waals surface area (Å²) in [5, 5.41) is 0. The van der Waals surface area contributed by atoms with Crippen LogP contribution in [0.4, 0.5) is 0 Å². The second-order valence-corrected chi connectivity index (χ2v) is 6.89. The lowest BCUT2D eigenvalue weighted by Gasteiger charge is -2.06. The van der Waals surface area contributed by atoms with Gasteiger partial charge in [0.2, 0.25) is 0 Å². The SMILES string of the molecule is CCCCCCc1cnc(-c2cnc(-c3ccc(OCCC)cc3)nc2)nc1. The van der Waals surface area contributed by atoms with Gasteiger partial charge < -0.3 is 4.74 Å². The highest BCUT2D eigenvalue weighted by Gasteiger charge is 2.06. The van der Waals surface area contributed by atoms with E-state index in [9.17, 15) is 0 Å². The first-order chi connectivity index (χ1) is 13.8. The number of benzene rings is 1. The van der Waals surface area contributed by atoms with Crippen molar-refractivity contribution in [2.75, 3.05) is 6.61 Å². The molecule has 0 fully saturated rings. The first-order valence-electron chi connectivity index (χ1n) is 10.2. The van der Waals surface area contributed by atoms with Crippen LogP contribution in [-0.2, 0) is 6.42 Å². The third kappa shape index (κ3) is 5.59. The largest absolute Gasteiger partial charge is 0.494 e. The summed E-state index contributed by atoms with van der Waals surface area (Å²) in [7, 11) is 0. The number of nitrogens with zero attached hydrogens (tertiary/aromatic N) is 4. The van der Waals surface area contributed by atoms with Crippen LogP contribution in [0.1, 0.15) is 51.5 Å². The summed E-state index contributed by atoms with van der Waals surface area (Å²) >= 11 is 0. The molecule has 0 atom stereocenters. The number of ether oxygens (including phenoxy) is 1. The van der Waals surface area contributed by atoms with Crippen molar-refractivity contribution in [1.29, 1.82) is 0 Å². The van der Waals surface area contributed by atoms with Gasteiger partial charge in [0.15, 0.2) is 11.6 Å². The van der Waals surface area contributed by atoms with E-state index in [0.717, 1.165) is 36.3 Å². The zero-order chi connectivity index (χ0) is 19.6. The van der Waals surface area contributed by atoms with Crippen molar-refractivity contribution >= 4 is 0 Å². The van der Waals surface area contributed by atoms with E-state index in [4.69, 9.17) is 4.74 Å². The van der Waals surface area contributed by atoms with Gasteiger partial charge in [-0.1, -0.05) is 33.1 Å². The molecular weight excluding hydrogens is 348 g/mol. The molecule has 5 nitrogen and oxygen atoms in total. The standard InChI is InChI=1S/C23H28N4O/c1-3-5-6-7-8-18-14-24-23(25-15-18)20-16-26-22(27-17-20)19-9-11-21(12-10-19)28-13-4-2/h9-12,14-17H,3-8,13H2,1-2H3. The lowest BCUT2D eigenvalue weighted by Crippen LogP contribution is -1.96. The highest BCUT2D eigenvalue weighted by molar-refractivity contribution is 5.59. The van der Waals surface area contributed by atoms with Gasteiger partial charge in [0, 0.05) is 30.4 Å². The van der Waals surface area contributed by atoms with Crippen LogP contribution in [0.3, 0.4) is 0 Å². The van der Waals surface area contributed by atoms with Crippen molar-refractivity contribution in [2.24, 2.45) is 0 Å². The summed E-state index contributed by atoms with van der Waals surface area (Å²) in [5.41, 5.74) is 2.96. The molecule has 0 N–H and O–H groups in total. The third-order valence-corrected chi connectivity index (χ3v) is 4.52. The summed E-state index contributed by atoms with van der Waals surface area (Å²) in [6.07, 6.45) is 14.4. The normalized spacial score (nSPS) is 10.8. The van der Waals surface area contributed by atoms with Crippen LogP contribution in [0.15, 0.2) is 49.1 Å². The minimum atomic E-state index is 0.659. The maximum atomic E-state index is 5.61. The predicted molar refractivity (Wildman–Crippen MR) is 112 cm³/mol. The Hall–Kier alpha value is -2.82. The zero-order valence-corrected chi connectivity index (χ0v) is 16.8. The first-order valence-corrected chi connectivity index (χ1v) is 10.2. The van der Waals surface area contributed by atoms with Gasteiger partial charge in [0.25, 0.3) is 0 Å². The Morgan fingerprint density at radius 2 is 1.32 bits per heavy atom. The average Bonchev–Trinajstić information content (AvgIpc) is 2.76. The van der Waals surface area contributed by atoms with Crippen molar-refractivity contribution < 1.29 is 4.74 Å². The number of aromatic nitrogens is 4. The van der Waals surface area contributed by atoms with E-state index in [2.05, 4.69) is 33.8 Å². The van der Waals surface area contributed by atoms with E-state index in [1.807, 2.05) is 36.7 Å². The number of hydrogen-bond acceptors (Lipinski definition) is 5. The fourth-order valence-corrected chi connectivity index (χ4v) is 2.90. The molecule has 0 saturated heterocycles. The molecule has 0 aliphatic carbocycles. The van der Waals surface area contributed by atoms with E-state index < -0.39 is 0 Å². The van der Waals surface area contributed by atoms with E-state index in [1.54, 1.807) is 12.4 Å². The molecule has 0 spiro atoms. The lowest BCUT2D eigenvalue weighted by atomic mass is 10.1. The van der Waals surface area contributed by atoms with Gasteiger partial charge >= 0.3 is 0 Å². The molecule has 0 aliphatic rings.